The molecule has 1 aliphatic heterocycles. The molecule has 2 aromatic rings. The predicted octanol–water partition coefficient (Wildman–Crippen LogP) is 3.43. The first-order valence-electron chi connectivity index (χ1n) is 8.83. The number of benzene rings is 1. The van der Waals surface area contributed by atoms with Crippen molar-refractivity contribution in [3.05, 3.63) is 46.9 Å². The lowest BCUT2D eigenvalue weighted by molar-refractivity contribution is 0.141. The van der Waals surface area contributed by atoms with E-state index < -0.39 is 49.0 Å². The van der Waals surface area contributed by atoms with E-state index in [1.165, 1.54) is 11.0 Å². The van der Waals surface area contributed by atoms with E-state index in [0.29, 0.717) is 0 Å². The van der Waals surface area contributed by atoms with Gasteiger partial charge in [-0.3, -0.25) is 4.72 Å². The summed E-state index contributed by atoms with van der Waals surface area (Å²) in [5.74, 6) is -4.38. The van der Waals surface area contributed by atoms with Crippen molar-refractivity contribution in [2.45, 2.75) is 17.0 Å². The summed E-state index contributed by atoms with van der Waals surface area (Å²) >= 11 is 6.00. The monoisotopic (exact) mass is 466 g/mol. The van der Waals surface area contributed by atoms with Gasteiger partial charge in [-0.15, -0.1) is 0 Å². The Balaban J connectivity index is 1.94. The number of nitrogens with one attached hydrogen (secondary N) is 1. The summed E-state index contributed by atoms with van der Waals surface area (Å²) in [6.07, 6.45) is 0.123. The van der Waals surface area contributed by atoms with Crippen molar-refractivity contribution >= 4 is 33.1 Å². The SMILES string of the molecule is CN(C)C[C@@]1(F)CCN(c2cc(F)c(S(=O)(=O)Nc3cccc(F)n3)c(F)c2Cl)C1. The van der Waals surface area contributed by atoms with Crippen LogP contribution >= 0.6 is 11.6 Å². The first-order valence-corrected chi connectivity index (χ1v) is 10.7. The molecule has 164 valence electrons. The number of rotatable bonds is 6. The average Bonchev–Trinajstić information content (AvgIpc) is 2.98. The van der Waals surface area contributed by atoms with Gasteiger partial charge in [-0.25, -0.2) is 26.6 Å². The molecule has 3 rings (SSSR count). The lowest BCUT2D eigenvalue weighted by Crippen LogP contribution is -2.38. The molecule has 6 nitrogen and oxygen atoms in total. The van der Waals surface area contributed by atoms with Crippen molar-refractivity contribution in [1.29, 1.82) is 0 Å². The quantitative estimate of drug-likeness (QED) is 0.401. The highest BCUT2D eigenvalue weighted by Gasteiger charge is 2.40. The van der Waals surface area contributed by atoms with Crippen LogP contribution in [0, 0.1) is 17.6 Å². The molecule has 1 saturated heterocycles. The summed E-state index contributed by atoms with van der Waals surface area (Å²) < 4.78 is 84.4. The fourth-order valence-electron chi connectivity index (χ4n) is 3.43. The maximum Gasteiger partial charge on any atom is 0.268 e. The van der Waals surface area contributed by atoms with Gasteiger partial charge in [0.1, 0.15) is 22.3 Å². The number of aromatic nitrogens is 1. The Hall–Kier alpha value is -2.11. The van der Waals surface area contributed by atoms with Gasteiger partial charge in [0.05, 0.1) is 12.2 Å². The molecule has 1 N–H and O–H groups in total. The molecule has 1 aliphatic rings. The van der Waals surface area contributed by atoms with Gasteiger partial charge < -0.3 is 9.80 Å². The Morgan fingerprint density at radius 3 is 2.63 bits per heavy atom. The fraction of sp³-hybridized carbons (Fsp3) is 0.389. The number of halogens is 5. The standard InChI is InChI=1S/C18H19ClF4N4O2S/c1-26(2)9-18(23)6-7-27(10-18)12-8-11(20)17(16(22)15(12)19)30(28,29)25-14-5-3-4-13(21)24-14/h3-5,8H,6-7,9-10H2,1-2H3,(H,24,25)/t18-/m0/s1. The maximum absolute atomic E-state index is 14.9. The molecule has 0 unspecified atom stereocenters. The summed E-state index contributed by atoms with van der Waals surface area (Å²) in [4.78, 5) is 5.00. The smallest absolute Gasteiger partial charge is 0.268 e. The summed E-state index contributed by atoms with van der Waals surface area (Å²) in [6.45, 7) is 0.116. The molecule has 0 bridgehead atoms. The van der Waals surface area contributed by atoms with E-state index in [1.54, 1.807) is 19.0 Å². The fourth-order valence-corrected chi connectivity index (χ4v) is 4.90. The number of hydrogen-bond acceptors (Lipinski definition) is 5. The molecule has 1 fully saturated rings. The molecule has 0 aliphatic carbocycles. The second-order valence-corrected chi connectivity index (χ2v) is 9.34. The van der Waals surface area contributed by atoms with Crippen molar-refractivity contribution in [3.63, 3.8) is 0 Å². The van der Waals surface area contributed by atoms with E-state index >= 15 is 0 Å². The Bertz CT molecular complexity index is 1070. The van der Waals surface area contributed by atoms with Gasteiger partial charge in [-0.05, 0) is 26.2 Å². The molecule has 12 heteroatoms. The topological polar surface area (TPSA) is 65.5 Å². The Labute approximate surface area is 176 Å². The highest BCUT2D eigenvalue weighted by molar-refractivity contribution is 7.92. The van der Waals surface area contributed by atoms with E-state index in [4.69, 9.17) is 11.6 Å². The molecule has 0 amide bonds. The van der Waals surface area contributed by atoms with Crippen LogP contribution < -0.4 is 9.62 Å². The molecule has 1 aromatic carbocycles. The van der Waals surface area contributed by atoms with Crippen LogP contribution in [0.25, 0.3) is 0 Å². The van der Waals surface area contributed by atoms with E-state index in [0.717, 1.165) is 18.2 Å². The lowest BCUT2D eigenvalue weighted by Gasteiger charge is -2.26. The van der Waals surface area contributed by atoms with Crippen LogP contribution in [0.2, 0.25) is 5.02 Å². The molecule has 30 heavy (non-hydrogen) atoms. The minimum atomic E-state index is -4.81. The molecular formula is C18H19ClF4N4O2S. The van der Waals surface area contributed by atoms with Gasteiger partial charge in [-0.1, -0.05) is 17.7 Å². The average molecular weight is 467 g/mol. The van der Waals surface area contributed by atoms with Crippen molar-refractivity contribution in [2.24, 2.45) is 0 Å². The molecular weight excluding hydrogens is 448 g/mol. The van der Waals surface area contributed by atoms with E-state index in [-0.39, 0.29) is 31.7 Å². The van der Waals surface area contributed by atoms with Crippen molar-refractivity contribution in [2.75, 3.05) is 43.4 Å². The molecule has 0 saturated carbocycles. The normalized spacial score (nSPS) is 19.5. The third kappa shape index (κ3) is 4.62. The molecule has 0 radical (unpaired) electrons. The van der Waals surface area contributed by atoms with E-state index in [1.807, 2.05) is 4.72 Å². The Morgan fingerprint density at radius 2 is 2.00 bits per heavy atom. The van der Waals surface area contributed by atoms with Crippen LogP contribution in [-0.4, -0.2) is 57.7 Å². The number of alkyl halides is 1. The minimum absolute atomic E-state index is 0.114. The molecule has 2 heterocycles. The second kappa shape index (κ2) is 8.20. The summed E-state index contributed by atoms with van der Waals surface area (Å²) in [5, 5.41) is -0.655. The third-order valence-electron chi connectivity index (χ3n) is 4.56. The zero-order chi connectivity index (χ0) is 22.3. The van der Waals surface area contributed by atoms with Gasteiger partial charge in [-0.2, -0.15) is 4.39 Å². The molecule has 1 aromatic heterocycles. The van der Waals surface area contributed by atoms with Gasteiger partial charge >= 0.3 is 0 Å². The van der Waals surface area contributed by atoms with Crippen LogP contribution in [0.4, 0.5) is 29.1 Å². The summed E-state index contributed by atoms with van der Waals surface area (Å²) in [6, 6.07) is 4.01. The molecule has 0 spiro atoms. The second-order valence-electron chi connectivity index (χ2n) is 7.35. The largest absolute Gasteiger partial charge is 0.367 e. The van der Waals surface area contributed by atoms with Crippen LogP contribution in [0.1, 0.15) is 6.42 Å². The van der Waals surface area contributed by atoms with Gasteiger partial charge in [0, 0.05) is 25.6 Å². The Morgan fingerprint density at radius 1 is 1.30 bits per heavy atom. The first-order chi connectivity index (χ1) is 13.9. The highest BCUT2D eigenvalue weighted by Crippen LogP contribution is 2.39. The predicted molar refractivity (Wildman–Crippen MR) is 106 cm³/mol. The maximum atomic E-state index is 14.9. The number of hydrogen-bond donors (Lipinski definition) is 1. The van der Waals surface area contributed by atoms with Crippen molar-refractivity contribution in [1.82, 2.24) is 9.88 Å². The number of pyridine rings is 1. The van der Waals surface area contributed by atoms with Crippen LogP contribution in [0.3, 0.4) is 0 Å². The zero-order valence-electron chi connectivity index (χ0n) is 16.1. The van der Waals surface area contributed by atoms with Gasteiger partial charge in [0.2, 0.25) is 5.95 Å². The Kier molecular flexibility index (Phi) is 6.17. The lowest BCUT2D eigenvalue weighted by atomic mass is 10.1. The third-order valence-corrected chi connectivity index (χ3v) is 6.31. The first kappa shape index (κ1) is 22.6. The van der Waals surface area contributed by atoms with Gasteiger partial charge in [0.15, 0.2) is 10.7 Å². The van der Waals surface area contributed by atoms with E-state index in [9.17, 15) is 26.0 Å². The van der Waals surface area contributed by atoms with Crippen LogP contribution in [-0.2, 0) is 10.0 Å². The van der Waals surface area contributed by atoms with Crippen molar-refractivity contribution < 1.29 is 26.0 Å². The summed E-state index contributed by atoms with van der Waals surface area (Å²) in [5.41, 5.74) is -1.75. The number of sulfonamides is 1. The van der Waals surface area contributed by atoms with Crippen LogP contribution in [0.15, 0.2) is 29.2 Å². The number of anilines is 2. The van der Waals surface area contributed by atoms with Crippen molar-refractivity contribution in [3.8, 4) is 0 Å². The molecule has 1 atom stereocenters. The van der Waals surface area contributed by atoms with Gasteiger partial charge in [0.25, 0.3) is 10.0 Å². The minimum Gasteiger partial charge on any atom is -0.367 e. The highest BCUT2D eigenvalue weighted by atomic mass is 35.5. The van der Waals surface area contributed by atoms with E-state index in [2.05, 4.69) is 4.98 Å². The zero-order valence-corrected chi connectivity index (χ0v) is 17.7. The van der Waals surface area contributed by atoms with Crippen LogP contribution in [0.5, 0.6) is 0 Å². The summed E-state index contributed by atoms with van der Waals surface area (Å²) in [7, 11) is -1.40. The number of nitrogens with zero attached hydrogens (tertiary/aromatic N) is 3.